The molecule has 0 radical (unpaired) electrons. The predicted octanol–water partition coefficient (Wildman–Crippen LogP) is 1.44. The van der Waals surface area contributed by atoms with Gasteiger partial charge in [0.25, 0.3) is 5.91 Å². The number of anilines is 1. The number of nitrogen functional groups attached to an aromatic ring is 1. The van der Waals surface area contributed by atoms with Crippen molar-refractivity contribution in [2.45, 2.75) is 32.2 Å². The van der Waals surface area contributed by atoms with Crippen LogP contribution in [0, 0.1) is 6.92 Å². The number of hydrogen-bond donors (Lipinski definition) is 2. The molecule has 0 spiro atoms. The van der Waals surface area contributed by atoms with Gasteiger partial charge in [0.1, 0.15) is 11.5 Å². The molecule has 1 amide bonds. The second kappa shape index (κ2) is 4.66. The summed E-state index contributed by atoms with van der Waals surface area (Å²) in [4.78, 5) is 13.9. The van der Waals surface area contributed by atoms with Gasteiger partial charge in [0, 0.05) is 19.0 Å². The third-order valence-electron chi connectivity index (χ3n) is 3.44. The Morgan fingerprint density at radius 1 is 1.60 bits per heavy atom. The van der Waals surface area contributed by atoms with Crippen molar-refractivity contribution in [1.82, 2.24) is 20.3 Å². The Morgan fingerprint density at radius 3 is 2.95 bits per heavy atom. The first-order valence-electron chi connectivity index (χ1n) is 6.57. The van der Waals surface area contributed by atoms with E-state index in [2.05, 4.69) is 15.4 Å². The summed E-state index contributed by atoms with van der Waals surface area (Å²) in [6.45, 7) is 2.17. The molecule has 2 aromatic heterocycles. The van der Waals surface area contributed by atoms with Crippen molar-refractivity contribution < 1.29 is 9.32 Å². The van der Waals surface area contributed by atoms with Gasteiger partial charge in [0.05, 0.1) is 17.9 Å². The summed E-state index contributed by atoms with van der Waals surface area (Å²) >= 11 is 0. The lowest BCUT2D eigenvalue weighted by Crippen LogP contribution is -2.27. The lowest BCUT2D eigenvalue weighted by atomic mass is 10.2. The molecule has 1 aliphatic rings. The Hall–Kier alpha value is -2.31. The molecule has 3 rings (SSSR count). The smallest absolute Gasteiger partial charge is 0.276 e. The lowest BCUT2D eigenvalue weighted by molar-refractivity contribution is 0.0777. The molecule has 1 fully saturated rings. The summed E-state index contributed by atoms with van der Waals surface area (Å²) in [6, 6.07) is 1.80. The number of nitrogens with one attached hydrogen (secondary N) is 1. The van der Waals surface area contributed by atoms with Crippen LogP contribution in [0.5, 0.6) is 0 Å². The Bertz CT molecular complexity index is 641. The number of amides is 1. The number of nitrogens with two attached hydrogens (primary N) is 1. The van der Waals surface area contributed by atoms with Gasteiger partial charge in [0.2, 0.25) is 0 Å². The Labute approximate surface area is 116 Å². The molecule has 2 aromatic rings. The highest BCUT2D eigenvalue weighted by Crippen LogP contribution is 2.42. The largest absolute Gasteiger partial charge is 0.395 e. The van der Waals surface area contributed by atoms with Crippen LogP contribution in [0.1, 0.15) is 46.4 Å². The molecule has 1 aliphatic carbocycles. The summed E-state index contributed by atoms with van der Waals surface area (Å²) in [7, 11) is 1.69. The second-order valence-corrected chi connectivity index (χ2v) is 5.26. The molecule has 2 heterocycles. The van der Waals surface area contributed by atoms with Crippen LogP contribution < -0.4 is 5.73 Å². The average molecular weight is 275 g/mol. The fourth-order valence-electron chi connectivity index (χ4n) is 2.20. The number of nitrogens with zero attached hydrogens (tertiary/aromatic N) is 3. The zero-order chi connectivity index (χ0) is 14.3. The minimum atomic E-state index is -0.216. The zero-order valence-electron chi connectivity index (χ0n) is 11.5. The van der Waals surface area contributed by atoms with Gasteiger partial charge in [-0.1, -0.05) is 5.16 Å². The van der Waals surface area contributed by atoms with Crippen molar-refractivity contribution in [2.75, 3.05) is 12.8 Å². The zero-order valence-corrected chi connectivity index (χ0v) is 11.5. The van der Waals surface area contributed by atoms with Gasteiger partial charge in [0.15, 0.2) is 5.69 Å². The molecule has 7 nitrogen and oxygen atoms in total. The molecule has 0 atom stereocenters. The van der Waals surface area contributed by atoms with Gasteiger partial charge in [-0.05, 0) is 19.8 Å². The number of aromatic nitrogens is 3. The summed E-state index contributed by atoms with van der Waals surface area (Å²) < 4.78 is 4.98. The molecular weight excluding hydrogens is 258 g/mol. The van der Waals surface area contributed by atoms with E-state index in [1.807, 2.05) is 6.92 Å². The molecule has 0 saturated heterocycles. The van der Waals surface area contributed by atoms with Gasteiger partial charge < -0.3 is 15.2 Å². The maximum absolute atomic E-state index is 12.3. The van der Waals surface area contributed by atoms with Crippen LogP contribution in [-0.4, -0.2) is 33.2 Å². The van der Waals surface area contributed by atoms with E-state index in [-0.39, 0.29) is 11.6 Å². The van der Waals surface area contributed by atoms with Crippen LogP contribution >= 0.6 is 0 Å². The summed E-state index contributed by atoms with van der Waals surface area (Å²) in [5.41, 5.74) is 8.36. The number of carbonyl (C=O) groups is 1. The Balaban J connectivity index is 1.74. The summed E-state index contributed by atoms with van der Waals surface area (Å²) in [5, 5.41) is 10.8. The van der Waals surface area contributed by atoms with E-state index < -0.39 is 0 Å². The second-order valence-electron chi connectivity index (χ2n) is 5.26. The number of rotatable bonds is 4. The predicted molar refractivity (Wildman–Crippen MR) is 72.0 cm³/mol. The Kier molecular flexibility index (Phi) is 2.96. The Morgan fingerprint density at radius 2 is 2.35 bits per heavy atom. The minimum Gasteiger partial charge on any atom is -0.395 e. The number of carbonyl (C=O) groups excluding carboxylic acids is 1. The SMILES string of the molecule is Cc1cc(CN(C)C(=O)c2n[nH]c(C3CC3)c2N)no1. The van der Waals surface area contributed by atoms with E-state index >= 15 is 0 Å². The maximum Gasteiger partial charge on any atom is 0.276 e. The molecule has 0 aromatic carbocycles. The normalized spacial score (nSPS) is 14.5. The highest BCUT2D eigenvalue weighted by Gasteiger charge is 2.31. The van der Waals surface area contributed by atoms with Gasteiger partial charge in [-0.15, -0.1) is 0 Å². The van der Waals surface area contributed by atoms with Crippen molar-refractivity contribution in [3.63, 3.8) is 0 Å². The fourth-order valence-corrected chi connectivity index (χ4v) is 2.20. The van der Waals surface area contributed by atoms with Crippen molar-refractivity contribution >= 4 is 11.6 Å². The first kappa shape index (κ1) is 12.7. The van der Waals surface area contributed by atoms with Gasteiger partial charge in [-0.2, -0.15) is 5.10 Å². The van der Waals surface area contributed by atoms with Gasteiger partial charge in [-0.3, -0.25) is 9.89 Å². The van der Waals surface area contributed by atoms with Gasteiger partial charge >= 0.3 is 0 Å². The topological polar surface area (TPSA) is 101 Å². The third kappa shape index (κ3) is 2.26. The highest BCUT2D eigenvalue weighted by atomic mass is 16.5. The number of aromatic amines is 1. The number of aryl methyl sites for hydroxylation is 1. The van der Waals surface area contributed by atoms with E-state index in [1.165, 1.54) is 4.90 Å². The van der Waals surface area contributed by atoms with E-state index in [9.17, 15) is 4.79 Å². The molecule has 0 bridgehead atoms. The maximum atomic E-state index is 12.3. The molecule has 7 heteroatoms. The molecule has 1 saturated carbocycles. The van der Waals surface area contributed by atoms with Crippen LogP contribution in [0.3, 0.4) is 0 Å². The third-order valence-corrected chi connectivity index (χ3v) is 3.44. The molecule has 3 N–H and O–H groups in total. The lowest BCUT2D eigenvalue weighted by Gasteiger charge is -2.14. The van der Waals surface area contributed by atoms with Crippen LogP contribution in [0.2, 0.25) is 0 Å². The minimum absolute atomic E-state index is 0.216. The van der Waals surface area contributed by atoms with Crippen molar-refractivity contribution in [3.05, 3.63) is 28.9 Å². The van der Waals surface area contributed by atoms with Crippen LogP contribution in [0.4, 0.5) is 5.69 Å². The summed E-state index contributed by atoms with van der Waals surface area (Å²) in [6.07, 6.45) is 2.21. The van der Waals surface area contributed by atoms with E-state index in [4.69, 9.17) is 10.3 Å². The molecule has 106 valence electrons. The van der Waals surface area contributed by atoms with Crippen molar-refractivity contribution in [1.29, 1.82) is 0 Å². The monoisotopic (exact) mass is 275 g/mol. The van der Waals surface area contributed by atoms with Crippen LogP contribution in [0.25, 0.3) is 0 Å². The first-order chi connectivity index (χ1) is 9.56. The average Bonchev–Trinajstić information content (AvgIpc) is 3.07. The van der Waals surface area contributed by atoms with Crippen molar-refractivity contribution in [2.24, 2.45) is 0 Å². The fraction of sp³-hybridized carbons (Fsp3) is 0.462. The summed E-state index contributed by atoms with van der Waals surface area (Å²) in [5.74, 6) is 0.940. The molecule has 0 aliphatic heterocycles. The molecule has 0 unspecified atom stereocenters. The van der Waals surface area contributed by atoms with E-state index in [1.54, 1.807) is 13.1 Å². The highest BCUT2D eigenvalue weighted by molar-refractivity contribution is 5.97. The quantitative estimate of drug-likeness (QED) is 0.879. The van der Waals surface area contributed by atoms with E-state index in [0.29, 0.717) is 23.8 Å². The molecular formula is C13H17N5O2. The number of hydrogen-bond acceptors (Lipinski definition) is 5. The first-order valence-corrected chi connectivity index (χ1v) is 6.57. The van der Waals surface area contributed by atoms with Crippen LogP contribution in [0.15, 0.2) is 10.6 Å². The van der Waals surface area contributed by atoms with E-state index in [0.717, 1.165) is 24.3 Å². The number of H-pyrrole nitrogens is 1. The standard InChI is InChI=1S/C13H17N5O2/c1-7-5-9(17-20-7)6-18(2)13(19)12-10(14)11(15-16-12)8-3-4-8/h5,8H,3-4,6,14H2,1-2H3,(H,15,16). The van der Waals surface area contributed by atoms with Crippen LogP contribution in [-0.2, 0) is 6.54 Å². The molecule has 20 heavy (non-hydrogen) atoms. The van der Waals surface area contributed by atoms with Gasteiger partial charge in [-0.25, -0.2) is 0 Å². The van der Waals surface area contributed by atoms with Crippen molar-refractivity contribution in [3.8, 4) is 0 Å².